The zero-order valence-electron chi connectivity index (χ0n) is 27.2. The fourth-order valence-corrected chi connectivity index (χ4v) is 3.60. The number of amidine groups is 1. The van der Waals surface area contributed by atoms with Gasteiger partial charge < -0.3 is 10.1 Å². The molecule has 0 saturated heterocycles. The number of hydrogen-bond acceptors (Lipinski definition) is 3. The minimum absolute atomic E-state index is 0.331. The molecule has 43 heavy (non-hydrogen) atoms. The molecule has 0 spiro atoms. The summed E-state index contributed by atoms with van der Waals surface area (Å²) >= 11 is 0. The molecule has 238 valence electrons. The number of unbranched alkanes of at least 4 members (excludes halogenated alkanes) is 2. The van der Waals surface area contributed by atoms with Crippen LogP contribution in [-0.4, -0.2) is 30.1 Å². The van der Waals surface area contributed by atoms with Crippen LogP contribution in [0.3, 0.4) is 0 Å². The minimum Gasteiger partial charge on any atom is -0.496 e. The summed E-state index contributed by atoms with van der Waals surface area (Å²) in [6.45, 7) is 19.5. The van der Waals surface area contributed by atoms with Crippen molar-refractivity contribution in [3.8, 4) is 17.0 Å². The Bertz CT molecular complexity index is 1230. The maximum atomic E-state index is 13.5. The lowest BCUT2D eigenvalue weighted by atomic mass is 10.00. The van der Waals surface area contributed by atoms with Crippen molar-refractivity contribution in [1.29, 1.82) is 0 Å². The van der Waals surface area contributed by atoms with Crippen LogP contribution in [0.15, 0.2) is 83.7 Å². The van der Waals surface area contributed by atoms with Crippen molar-refractivity contribution in [3.63, 3.8) is 0 Å². The van der Waals surface area contributed by atoms with Gasteiger partial charge in [0, 0.05) is 16.7 Å². The molecule has 0 aliphatic rings. The van der Waals surface area contributed by atoms with Gasteiger partial charge in [-0.3, -0.25) is 9.98 Å². The lowest BCUT2D eigenvalue weighted by Gasteiger charge is -2.17. The van der Waals surface area contributed by atoms with Crippen LogP contribution >= 0.6 is 0 Å². The Morgan fingerprint density at radius 1 is 1.07 bits per heavy atom. The first-order chi connectivity index (χ1) is 20.5. The maximum Gasteiger partial charge on any atom is 0.416 e. The number of halogens is 4. The second-order valence-corrected chi connectivity index (χ2v) is 9.06. The predicted octanol–water partition coefficient (Wildman–Crippen LogP) is 10.7. The Labute approximate surface area is 256 Å². The first kappa shape index (κ1) is 39.3. The number of methoxy groups -OCH3 is 1. The molecule has 0 amide bonds. The molecular weight excluding hydrogens is 554 g/mol. The van der Waals surface area contributed by atoms with Gasteiger partial charge in [-0.15, -0.1) is 0 Å². The van der Waals surface area contributed by atoms with Gasteiger partial charge in [0.15, 0.2) is 0 Å². The summed E-state index contributed by atoms with van der Waals surface area (Å²) in [7, 11) is 1.55. The number of hydrogen-bond donors (Lipinski definition) is 1. The minimum atomic E-state index is -4.45. The number of nitrogens with one attached hydrogen (secondary N) is 1. The number of benzene rings is 1. The molecule has 0 aliphatic carbocycles. The van der Waals surface area contributed by atoms with Crippen molar-refractivity contribution in [2.75, 3.05) is 7.11 Å². The molecule has 4 nitrogen and oxygen atoms in total. The first-order valence-corrected chi connectivity index (χ1v) is 15.0. The zero-order chi connectivity index (χ0) is 33.0. The van der Waals surface area contributed by atoms with E-state index in [2.05, 4.69) is 23.8 Å². The SMILES string of the molecule is C=C(/C=C\C(=C\CCC)C(F)(F)F)C(C)N=C(N/C=C/CCC)c1cc(-c2ccc(F)cn2)cc(OC)c1C.CC.CC. The van der Waals surface area contributed by atoms with E-state index in [4.69, 9.17) is 9.73 Å². The molecule has 0 radical (unpaired) electrons. The van der Waals surface area contributed by atoms with Crippen molar-refractivity contribution in [1.82, 2.24) is 10.3 Å². The van der Waals surface area contributed by atoms with Crippen LogP contribution in [0.5, 0.6) is 5.75 Å². The van der Waals surface area contributed by atoms with E-state index in [0.717, 1.165) is 30.7 Å². The molecule has 0 fully saturated rings. The Hall–Kier alpha value is -3.68. The average Bonchev–Trinajstić information content (AvgIpc) is 3.00. The van der Waals surface area contributed by atoms with E-state index in [1.165, 1.54) is 18.2 Å². The fraction of sp³-hybridized carbons (Fsp3) is 0.429. The summed E-state index contributed by atoms with van der Waals surface area (Å²) in [4.78, 5) is 8.98. The van der Waals surface area contributed by atoms with E-state index in [0.29, 0.717) is 46.8 Å². The quantitative estimate of drug-likeness (QED) is 0.114. The van der Waals surface area contributed by atoms with Crippen LogP contribution < -0.4 is 10.1 Å². The summed E-state index contributed by atoms with van der Waals surface area (Å²) in [5.74, 6) is 0.631. The lowest BCUT2D eigenvalue weighted by Crippen LogP contribution is -2.23. The second-order valence-electron chi connectivity index (χ2n) is 9.06. The van der Waals surface area contributed by atoms with Crippen molar-refractivity contribution < 1.29 is 22.3 Å². The summed E-state index contributed by atoms with van der Waals surface area (Å²) in [6, 6.07) is 6.06. The molecule has 1 N–H and O–H groups in total. The van der Waals surface area contributed by atoms with Crippen LogP contribution in [0.25, 0.3) is 11.3 Å². The van der Waals surface area contributed by atoms with Gasteiger partial charge in [0.2, 0.25) is 0 Å². The smallest absolute Gasteiger partial charge is 0.416 e. The van der Waals surface area contributed by atoms with Gasteiger partial charge in [-0.1, -0.05) is 85.3 Å². The van der Waals surface area contributed by atoms with Crippen LogP contribution in [0, 0.1) is 12.7 Å². The van der Waals surface area contributed by atoms with E-state index < -0.39 is 23.6 Å². The normalized spacial score (nSPS) is 12.8. The van der Waals surface area contributed by atoms with Gasteiger partial charge in [-0.25, -0.2) is 4.39 Å². The Morgan fingerprint density at radius 3 is 2.26 bits per heavy atom. The monoisotopic (exact) mass is 603 g/mol. The van der Waals surface area contributed by atoms with Crippen molar-refractivity contribution in [3.05, 3.63) is 95.6 Å². The fourth-order valence-electron chi connectivity index (χ4n) is 3.60. The van der Waals surface area contributed by atoms with Crippen LogP contribution in [-0.2, 0) is 0 Å². The standard InChI is InChI=1S/C31H37F4N3O.2C2H6/c1-7-9-11-17-36-30(38-23(5)21(3)13-14-25(12-10-8-2)31(33,34)35)27-18-24(19-29(39-6)22(27)4)28-16-15-26(32)20-37-28;2*1-2/h11-20,23H,3,7-10H2,1-2,4-6H3,(H,36,38);2*1-2H3/b14-13-,17-11+,25-12-;;. The van der Waals surface area contributed by atoms with Crippen molar-refractivity contribution in [2.45, 2.75) is 93.3 Å². The molecule has 0 aliphatic heterocycles. The molecule has 1 atom stereocenters. The molecule has 0 saturated carbocycles. The Kier molecular flexibility index (Phi) is 19.3. The third-order valence-electron chi connectivity index (χ3n) is 5.97. The molecule has 1 aromatic heterocycles. The summed E-state index contributed by atoms with van der Waals surface area (Å²) in [5.41, 5.74) is 2.47. The van der Waals surface area contributed by atoms with Gasteiger partial charge in [0.05, 0.1) is 30.6 Å². The number of aromatic nitrogens is 1. The molecule has 0 bridgehead atoms. The van der Waals surface area contributed by atoms with Crippen LogP contribution in [0.1, 0.15) is 85.3 Å². The highest BCUT2D eigenvalue weighted by Gasteiger charge is 2.31. The molecule has 2 rings (SSSR count). The lowest BCUT2D eigenvalue weighted by molar-refractivity contribution is -0.0884. The molecule has 2 aromatic rings. The molecule has 1 aromatic carbocycles. The number of aliphatic imine (C=N–C) groups is 1. The van der Waals surface area contributed by atoms with Crippen molar-refractivity contribution in [2.24, 2.45) is 4.99 Å². The molecular formula is C35H49F4N3O. The Morgan fingerprint density at radius 2 is 1.72 bits per heavy atom. The highest BCUT2D eigenvalue weighted by atomic mass is 19.4. The molecule has 1 heterocycles. The molecule has 8 heteroatoms. The first-order valence-electron chi connectivity index (χ1n) is 15.0. The van der Waals surface area contributed by atoms with Gasteiger partial charge in [0.25, 0.3) is 0 Å². The Balaban J connectivity index is 0.00000422. The topological polar surface area (TPSA) is 46.5 Å². The number of nitrogens with zero attached hydrogens (tertiary/aromatic N) is 2. The van der Waals surface area contributed by atoms with Gasteiger partial charge in [-0.2, -0.15) is 13.2 Å². The van der Waals surface area contributed by atoms with Gasteiger partial charge >= 0.3 is 6.18 Å². The van der Waals surface area contributed by atoms with E-state index in [-0.39, 0.29) is 0 Å². The summed E-state index contributed by atoms with van der Waals surface area (Å²) < 4.78 is 59.3. The highest BCUT2D eigenvalue weighted by molar-refractivity contribution is 6.02. The highest BCUT2D eigenvalue weighted by Crippen LogP contribution is 2.30. The predicted molar refractivity (Wildman–Crippen MR) is 174 cm³/mol. The number of ether oxygens (including phenoxy) is 1. The van der Waals surface area contributed by atoms with Gasteiger partial charge in [-0.05, 0) is 62.7 Å². The maximum absolute atomic E-state index is 13.5. The largest absolute Gasteiger partial charge is 0.496 e. The number of pyridine rings is 1. The van der Waals surface area contributed by atoms with E-state index in [1.54, 1.807) is 26.3 Å². The summed E-state index contributed by atoms with van der Waals surface area (Å²) in [5, 5.41) is 3.23. The zero-order valence-corrected chi connectivity index (χ0v) is 27.2. The third-order valence-corrected chi connectivity index (χ3v) is 5.97. The number of allylic oxidation sites excluding steroid dienone is 4. The number of alkyl halides is 3. The van der Waals surface area contributed by atoms with Gasteiger partial charge in [0.1, 0.15) is 17.4 Å². The van der Waals surface area contributed by atoms with E-state index in [9.17, 15) is 17.6 Å². The van der Waals surface area contributed by atoms with E-state index in [1.807, 2.05) is 59.8 Å². The van der Waals surface area contributed by atoms with E-state index >= 15 is 0 Å². The second kappa shape index (κ2) is 21.1. The third kappa shape index (κ3) is 13.4. The van der Waals surface area contributed by atoms with Crippen molar-refractivity contribution >= 4 is 5.84 Å². The molecule has 1 unspecified atom stereocenters. The summed E-state index contributed by atoms with van der Waals surface area (Å²) in [6.07, 6.45) is 6.83. The van der Waals surface area contributed by atoms with Crippen LogP contribution in [0.4, 0.5) is 17.6 Å². The average molecular weight is 604 g/mol. The number of rotatable bonds is 12. The van der Waals surface area contributed by atoms with Crippen LogP contribution in [0.2, 0.25) is 0 Å².